The summed E-state index contributed by atoms with van der Waals surface area (Å²) in [7, 11) is 1.46. The minimum absolute atomic E-state index is 0.0475. The molecule has 0 spiro atoms. The lowest BCUT2D eigenvalue weighted by atomic mass is 10.2. The maximum absolute atomic E-state index is 11.3. The number of aromatic nitrogens is 3. The third-order valence-corrected chi connectivity index (χ3v) is 2.45. The Hall–Kier alpha value is -2.90. The van der Waals surface area contributed by atoms with Gasteiger partial charge in [-0.15, -0.1) is 10.2 Å². The number of aromatic amines is 1. The van der Waals surface area contributed by atoms with Crippen molar-refractivity contribution >= 4 is 12.2 Å². The number of hydrogen-bond acceptors (Lipinski definition) is 7. The van der Waals surface area contributed by atoms with E-state index in [1.807, 2.05) is 0 Å². The van der Waals surface area contributed by atoms with Crippen LogP contribution in [0.5, 0.6) is 11.5 Å². The number of rotatable bonds is 4. The van der Waals surface area contributed by atoms with Gasteiger partial charge in [-0.25, -0.2) is 5.43 Å². The molecule has 0 aliphatic carbocycles. The van der Waals surface area contributed by atoms with Crippen molar-refractivity contribution in [3.63, 3.8) is 0 Å². The predicted molar refractivity (Wildman–Crippen MR) is 73.3 cm³/mol. The zero-order valence-electron chi connectivity index (χ0n) is 10.9. The van der Waals surface area contributed by atoms with Crippen LogP contribution in [0.1, 0.15) is 11.3 Å². The monoisotopic (exact) mass is 275 g/mol. The predicted octanol–water partition coefficient (Wildman–Crippen LogP) is 0.634. The largest absolute Gasteiger partial charge is 0.504 e. The topological polar surface area (TPSA) is 112 Å². The second-order valence-electron chi connectivity index (χ2n) is 3.89. The van der Waals surface area contributed by atoms with Crippen LogP contribution in [0, 0.1) is 6.92 Å². The number of nitrogens with one attached hydrogen (secondary N) is 2. The number of ether oxygens (including phenoxy) is 1. The molecule has 3 N–H and O–H groups in total. The molecule has 1 aromatic carbocycles. The van der Waals surface area contributed by atoms with Gasteiger partial charge in [-0.2, -0.15) is 5.10 Å². The first kappa shape index (κ1) is 13.5. The summed E-state index contributed by atoms with van der Waals surface area (Å²) in [5.74, 6) is 0.534. The minimum Gasteiger partial charge on any atom is -0.504 e. The molecule has 0 aliphatic rings. The zero-order chi connectivity index (χ0) is 14.5. The molecule has 0 saturated carbocycles. The van der Waals surface area contributed by atoms with Crippen LogP contribution in [0.25, 0.3) is 0 Å². The van der Waals surface area contributed by atoms with E-state index in [0.29, 0.717) is 11.3 Å². The first-order chi connectivity index (χ1) is 9.60. The van der Waals surface area contributed by atoms with Gasteiger partial charge in [0.2, 0.25) is 5.95 Å². The Morgan fingerprint density at radius 2 is 2.25 bits per heavy atom. The number of hydrazone groups is 1. The Labute approximate surface area is 114 Å². The van der Waals surface area contributed by atoms with E-state index >= 15 is 0 Å². The van der Waals surface area contributed by atoms with E-state index in [0.717, 1.165) is 0 Å². The maximum Gasteiger partial charge on any atom is 0.274 e. The van der Waals surface area contributed by atoms with E-state index < -0.39 is 0 Å². The van der Waals surface area contributed by atoms with Crippen molar-refractivity contribution in [2.45, 2.75) is 6.92 Å². The summed E-state index contributed by atoms with van der Waals surface area (Å²) in [6.45, 7) is 1.56. The van der Waals surface area contributed by atoms with Crippen molar-refractivity contribution in [1.82, 2.24) is 15.2 Å². The molecule has 2 aromatic rings. The van der Waals surface area contributed by atoms with Gasteiger partial charge in [-0.05, 0) is 30.7 Å². The van der Waals surface area contributed by atoms with Crippen LogP contribution in [0.2, 0.25) is 0 Å². The normalized spacial score (nSPS) is 10.7. The van der Waals surface area contributed by atoms with Gasteiger partial charge in [0.05, 0.1) is 13.3 Å². The average molecular weight is 275 g/mol. The van der Waals surface area contributed by atoms with E-state index in [-0.39, 0.29) is 23.0 Å². The molecule has 8 heteroatoms. The lowest BCUT2D eigenvalue weighted by Gasteiger charge is -2.03. The van der Waals surface area contributed by atoms with Crippen LogP contribution in [-0.2, 0) is 0 Å². The molecule has 0 atom stereocenters. The quantitative estimate of drug-likeness (QED) is 0.557. The van der Waals surface area contributed by atoms with Crippen LogP contribution >= 0.6 is 0 Å². The molecule has 1 heterocycles. The smallest absolute Gasteiger partial charge is 0.274 e. The van der Waals surface area contributed by atoms with E-state index in [1.165, 1.54) is 19.4 Å². The van der Waals surface area contributed by atoms with Crippen molar-refractivity contribution in [3.05, 3.63) is 39.8 Å². The van der Waals surface area contributed by atoms with Gasteiger partial charge in [-0.1, -0.05) is 0 Å². The van der Waals surface area contributed by atoms with Crippen molar-refractivity contribution in [1.29, 1.82) is 0 Å². The Morgan fingerprint density at radius 1 is 1.45 bits per heavy atom. The number of anilines is 1. The number of methoxy groups -OCH3 is 1. The van der Waals surface area contributed by atoms with Gasteiger partial charge < -0.3 is 9.84 Å². The molecule has 0 unspecified atom stereocenters. The van der Waals surface area contributed by atoms with Gasteiger partial charge in [0.25, 0.3) is 5.56 Å². The molecular weight excluding hydrogens is 262 g/mol. The number of aryl methyl sites for hydroxylation is 1. The van der Waals surface area contributed by atoms with Crippen LogP contribution in [0.3, 0.4) is 0 Å². The van der Waals surface area contributed by atoms with Crippen LogP contribution in [0.4, 0.5) is 5.95 Å². The number of benzene rings is 1. The number of H-pyrrole nitrogens is 1. The second kappa shape index (κ2) is 5.83. The van der Waals surface area contributed by atoms with Gasteiger partial charge in [-0.3, -0.25) is 9.78 Å². The number of phenols is 1. The first-order valence-corrected chi connectivity index (χ1v) is 5.70. The van der Waals surface area contributed by atoms with Crippen LogP contribution < -0.4 is 15.7 Å². The van der Waals surface area contributed by atoms with E-state index in [1.54, 1.807) is 19.1 Å². The molecule has 2 rings (SSSR count). The SMILES string of the molecule is COc1cc(C=NNc2nnc(C)c(=O)[nH]2)ccc1O. The summed E-state index contributed by atoms with van der Waals surface area (Å²) < 4.78 is 4.98. The number of phenolic OH excluding ortho intramolecular Hbond substituents is 1. The number of aromatic hydroxyl groups is 1. The Bertz CT molecular complexity index is 696. The lowest BCUT2D eigenvalue weighted by molar-refractivity contribution is 0.373. The first-order valence-electron chi connectivity index (χ1n) is 5.70. The fourth-order valence-electron chi connectivity index (χ4n) is 1.39. The van der Waals surface area contributed by atoms with Gasteiger partial charge in [0.15, 0.2) is 11.5 Å². The minimum atomic E-state index is -0.330. The zero-order valence-corrected chi connectivity index (χ0v) is 10.9. The highest BCUT2D eigenvalue weighted by atomic mass is 16.5. The Kier molecular flexibility index (Phi) is 3.94. The molecule has 8 nitrogen and oxygen atoms in total. The summed E-state index contributed by atoms with van der Waals surface area (Å²) in [6.07, 6.45) is 1.49. The highest BCUT2D eigenvalue weighted by Crippen LogP contribution is 2.25. The molecule has 0 amide bonds. The summed E-state index contributed by atoms with van der Waals surface area (Å²) in [4.78, 5) is 13.8. The lowest BCUT2D eigenvalue weighted by Crippen LogP contribution is -2.15. The molecule has 0 radical (unpaired) electrons. The summed E-state index contributed by atoms with van der Waals surface area (Å²) >= 11 is 0. The Morgan fingerprint density at radius 3 is 2.95 bits per heavy atom. The third kappa shape index (κ3) is 3.10. The number of nitrogens with zero attached hydrogens (tertiary/aromatic N) is 3. The Balaban J connectivity index is 2.10. The van der Waals surface area contributed by atoms with Crippen LogP contribution in [0.15, 0.2) is 28.1 Å². The van der Waals surface area contributed by atoms with Crippen molar-refractivity contribution < 1.29 is 9.84 Å². The highest BCUT2D eigenvalue weighted by Gasteiger charge is 2.01. The van der Waals surface area contributed by atoms with E-state index in [9.17, 15) is 9.90 Å². The van der Waals surface area contributed by atoms with Crippen molar-refractivity contribution in [2.75, 3.05) is 12.5 Å². The molecule has 0 bridgehead atoms. The molecule has 0 fully saturated rings. The summed E-state index contributed by atoms with van der Waals surface area (Å²) in [6, 6.07) is 4.77. The second-order valence-corrected chi connectivity index (χ2v) is 3.89. The van der Waals surface area contributed by atoms with Gasteiger partial charge in [0.1, 0.15) is 5.69 Å². The van der Waals surface area contributed by atoms with Crippen LogP contribution in [-0.4, -0.2) is 33.6 Å². The van der Waals surface area contributed by atoms with Gasteiger partial charge >= 0.3 is 0 Å². The summed E-state index contributed by atoms with van der Waals surface area (Å²) in [5, 5.41) is 20.7. The van der Waals surface area contributed by atoms with E-state index in [4.69, 9.17) is 4.74 Å². The highest BCUT2D eigenvalue weighted by molar-refractivity contribution is 5.81. The molecule has 0 saturated heterocycles. The van der Waals surface area contributed by atoms with Crippen molar-refractivity contribution in [2.24, 2.45) is 5.10 Å². The summed E-state index contributed by atoms with van der Waals surface area (Å²) in [5.41, 5.74) is 3.20. The maximum atomic E-state index is 11.3. The fourth-order valence-corrected chi connectivity index (χ4v) is 1.39. The molecule has 20 heavy (non-hydrogen) atoms. The van der Waals surface area contributed by atoms with Crippen molar-refractivity contribution in [3.8, 4) is 11.5 Å². The average Bonchev–Trinajstić information content (AvgIpc) is 2.44. The van der Waals surface area contributed by atoms with Gasteiger partial charge in [0, 0.05) is 0 Å². The molecular formula is C12H13N5O3. The molecule has 104 valence electrons. The van der Waals surface area contributed by atoms with E-state index in [2.05, 4.69) is 25.7 Å². The third-order valence-electron chi connectivity index (χ3n) is 2.45. The fraction of sp³-hybridized carbons (Fsp3) is 0.167. The molecule has 0 aliphatic heterocycles. The standard InChI is InChI=1S/C12H13N5O3/c1-7-11(19)14-12(17-15-7)16-13-6-8-3-4-9(18)10(5-8)20-2/h3-6,18H,1-2H3,(H2,14,16,17,19). The number of hydrogen-bond donors (Lipinski definition) is 3. The molecule has 1 aromatic heterocycles.